The van der Waals surface area contributed by atoms with E-state index in [0.717, 1.165) is 16.9 Å². The second kappa shape index (κ2) is 6.57. The SMILES string of the molecule is NCCSC(c1ccccc1)c1ccccc1F. The summed E-state index contributed by atoms with van der Waals surface area (Å²) in [4.78, 5) is 0. The van der Waals surface area contributed by atoms with E-state index >= 15 is 0 Å². The first-order valence-electron chi connectivity index (χ1n) is 5.94. The third kappa shape index (κ3) is 3.12. The molecule has 0 aliphatic heterocycles. The molecular formula is C15H16FNS. The summed E-state index contributed by atoms with van der Waals surface area (Å²) in [6.45, 7) is 0.600. The molecule has 0 aliphatic rings. The number of hydrogen-bond acceptors (Lipinski definition) is 2. The molecule has 18 heavy (non-hydrogen) atoms. The smallest absolute Gasteiger partial charge is 0.127 e. The van der Waals surface area contributed by atoms with Crippen LogP contribution >= 0.6 is 11.8 Å². The van der Waals surface area contributed by atoms with E-state index in [0.29, 0.717) is 6.54 Å². The van der Waals surface area contributed by atoms with Gasteiger partial charge in [-0.3, -0.25) is 0 Å². The van der Waals surface area contributed by atoms with Gasteiger partial charge in [0.05, 0.1) is 5.25 Å². The van der Waals surface area contributed by atoms with Crippen LogP contribution in [-0.2, 0) is 0 Å². The molecule has 3 heteroatoms. The highest BCUT2D eigenvalue weighted by Gasteiger charge is 2.17. The van der Waals surface area contributed by atoms with Crippen LogP contribution in [0.5, 0.6) is 0 Å². The van der Waals surface area contributed by atoms with E-state index < -0.39 is 0 Å². The molecule has 2 rings (SSSR count). The summed E-state index contributed by atoms with van der Waals surface area (Å²) in [6.07, 6.45) is 0. The molecule has 0 heterocycles. The minimum atomic E-state index is -0.157. The van der Waals surface area contributed by atoms with Crippen molar-refractivity contribution in [2.75, 3.05) is 12.3 Å². The molecule has 0 radical (unpaired) electrons. The Labute approximate surface area is 111 Å². The van der Waals surface area contributed by atoms with Crippen LogP contribution in [0, 0.1) is 5.82 Å². The highest BCUT2D eigenvalue weighted by Crippen LogP contribution is 2.36. The van der Waals surface area contributed by atoms with Crippen LogP contribution in [0.15, 0.2) is 54.6 Å². The molecule has 0 spiro atoms. The van der Waals surface area contributed by atoms with Crippen LogP contribution < -0.4 is 5.73 Å². The Morgan fingerprint density at radius 3 is 2.33 bits per heavy atom. The molecule has 0 bridgehead atoms. The number of rotatable bonds is 5. The summed E-state index contributed by atoms with van der Waals surface area (Å²) in [6, 6.07) is 16.9. The molecule has 94 valence electrons. The quantitative estimate of drug-likeness (QED) is 0.890. The monoisotopic (exact) mass is 261 g/mol. The Kier molecular flexibility index (Phi) is 4.79. The lowest BCUT2D eigenvalue weighted by atomic mass is 10.0. The van der Waals surface area contributed by atoms with Gasteiger partial charge in [-0.2, -0.15) is 0 Å². The van der Waals surface area contributed by atoms with Gasteiger partial charge in [0.2, 0.25) is 0 Å². The van der Waals surface area contributed by atoms with Gasteiger partial charge in [-0.25, -0.2) is 4.39 Å². The van der Waals surface area contributed by atoms with Gasteiger partial charge in [-0.15, -0.1) is 11.8 Å². The predicted octanol–water partition coefficient (Wildman–Crippen LogP) is 3.61. The summed E-state index contributed by atoms with van der Waals surface area (Å²) < 4.78 is 13.9. The maximum absolute atomic E-state index is 13.9. The summed E-state index contributed by atoms with van der Waals surface area (Å²) >= 11 is 1.68. The fraction of sp³-hybridized carbons (Fsp3) is 0.200. The van der Waals surface area contributed by atoms with Gasteiger partial charge in [-0.1, -0.05) is 48.5 Å². The second-order valence-electron chi connectivity index (χ2n) is 3.97. The topological polar surface area (TPSA) is 26.0 Å². The van der Waals surface area contributed by atoms with Gasteiger partial charge < -0.3 is 5.73 Å². The van der Waals surface area contributed by atoms with Crippen molar-refractivity contribution >= 4 is 11.8 Å². The molecule has 0 amide bonds. The van der Waals surface area contributed by atoms with Crippen LogP contribution in [-0.4, -0.2) is 12.3 Å². The molecule has 0 saturated carbocycles. The third-order valence-corrected chi connectivity index (χ3v) is 4.02. The molecule has 0 saturated heterocycles. The first-order valence-corrected chi connectivity index (χ1v) is 6.99. The summed E-state index contributed by atoms with van der Waals surface area (Å²) in [5.74, 6) is 0.657. The molecule has 2 aromatic carbocycles. The molecule has 0 aromatic heterocycles. The van der Waals surface area contributed by atoms with E-state index in [-0.39, 0.29) is 11.1 Å². The highest BCUT2D eigenvalue weighted by molar-refractivity contribution is 7.99. The zero-order valence-electron chi connectivity index (χ0n) is 10.1. The van der Waals surface area contributed by atoms with E-state index in [1.807, 2.05) is 42.5 Å². The molecule has 1 unspecified atom stereocenters. The summed E-state index contributed by atoms with van der Waals surface area (Å²) in [5, 5.41) is 0.0101. The molecule has 0 aliphatic carbocycles. The maximum Gasteiger partial charge on any atom is 0.127 e. The predicted molar refractivity (Wildman–Crippen MR) is 76.2 cm³/mol. The number of hydrogen-bond donors (Lipinski definition) is 1. The molecule has 2 aromatic rings. The first-order chi connectivity index (χ1) is 8.83. The van der Waals surface area contributed by atoms with Crippen molar-refractivity contribution in [3.8, 4) is 0 Å². The average molecular weight is 261 g/mol. The van der Waals surface area contributed by atoms with E-state index in [1.54, 1.807) is 17.8 Å². The zero-order valence-corrected chi connectivity index (χ0v) is 10.9. The van der Waals surface area contributed by atoms with Crippen LogP contribution in [0.3, 0.4) is 0 Å². The third-order valence-electron chi connectivity index (χ3n) is 2.69. The zero-order chi connectivity index (χ0) is 12.8. The normalized spacial score (nSPS) is 12.3. The van der Waals surface area contributed by atoms with Gasteiger partial charge >= 0.3 is 0 Å². The lowest BCUT2D eigenvalue weighted by molar-refractivity contribution is 0.613. The van der Waals surface area contributed by atoms with Crippen molar-refractivity contribution in [2.24, 2.45) is 5.73 Å². The van der Waals surface area contributed by atoms with Crippen molar-refractivity contribution in [1.82, 2.24) is 0 Å². The lowest BCUT2D eigenvalue weighted by Crippen LogP contribution is -2.06. The van der Waals surface area contributed by atoms with Crippen LogP contribution in [0.25, 0.3) is 0 Å². The Hall–Kier alpha value is -1.32. The van der Waals surface area contributed by atoms with Crippen molar-refractivity contribution < 1.29 is 4.39 Å². The van der Waals surface area contributed by atoms with Crippen LogP contribution in [0.1, 0.15) is 16.4 Å². The Morgan fingerprint density at radius 2 is 1.67 bits per heavy atom. The van der Waals surface area contributed by atoms with Gasteiger partial charge in [-0.05, 0) is 11.6 Å². The molecule has 1 atom stereocenters. The fourth-order valence-electron chi connectivity index (χ4n) is 1.87. The van der Waals surface area contributed by atoms with E-state index in [9.17, 15) is 4.39 Å². The number of benzene rings is 2. The highest BCUT2D eigenvalue weighted by atomic mass is 32.2. The van der Waals surface area contributed by atoms with Crippen LogP contribution in [0.4, 0.5) is 4.39 Å². The minimum absolute atomic E-state index is 0.0101. The van der Waals surface area contributed by atoms with Gasteiger partial charge in [0.15, 0.2) is 0 Å². The molecule has 1 nitrogen and oxygen atoms in total. The molecule has 0 fully saturated rings. The van der Waals surface area contributed by atoms with Gasteiger partial charge in [0.1, 0.15) is 5.82 Å². The number of thioether (sulfide) groups is 1. The van der Waals surface area contributed by atoms with Crippen molar-refractivity contribution in [3.05, 3.63) is 71.5 Å². The Balaban J connectivity index is 2.34. The van der Waals surface area contributed by atoms with E-state index in [4.69, 9.17) is 5.73 Å². The fourth-order valence-corrected chi connectivity index (χ4v) is 2.96. The van der Waals surface area contributed by atoms with Crippen molar-refractivity contribution in [2.45, 2.75) is 5.25 Å². The number of nitrogens with two attached hydrogens (primary N) is 1. The number of halogens is 1. The van der Waals surface area contributed by atoms with Crippen LogP contribution in [0.2, 0.25) is 0 Å². The van der Waals surface area contributed by atoms with Gasteiger partial charge in [0, 0.05) is 17.9 Å². The average Bonchev–Trinajstić information content (AvgIpc) is 2.42. The summed E-state index contributed by atoms with van der Waals surface area (Å²) in [5.41, 5.74) is 7.39. The minimum Gasteiger partial charge on any atom is -0.330 e. The largest absolute Gasteiger partial charge is 0.330 e. The van der Waals surface area contributed by atoms with Crippen molar-refractivity contribution in [1.29, 1.82) is 0 Å². The molecular weight excluding hydrogens is 245 g/mol. The van der Waals surface area contributed by atoms with E-state index in [1.165, 1.54) is 6.07 Å². The Morgan fingerprint density at radius 1 is 1.00 bits per heavy atom. The van der Waals surface area contributed by atoms with Gasteiger partial charge in [0.25, 0.3) is 0 Å². The lowest BCUT2D eigenvalue weighted by Gasteiger charge is -2.18. The first kappa shape index (κ1) is 13.1. The molecule has 2 N–H and O–H groups in total. The maximum atomic E-state index is 13.9. The summed E-state index contributed by atoms with van der Waals surface area (Å²) in [7, 11) is 0. The standard InChI is InChI=1S/C15H16FNS/c16-14-9-5-4-8-13(14)15(18-11-10-17)12-6-2-1-3-7-12/h1-9,15H,10-11,17H2. The Bertz CT molecular complexity index is 487. The second-order valence-corrected chi connectivity index (χ2v) is 5.18. The van der Waals surface area contributed by atoms with Crippen molar-refractivity contribution in [3.63, 3.8) is 0 Å². The van der Waals surface area contributed by atoms with E-state index in [2.05, 4.69) is 0 Å².